The number of amides is 1. The van der Waals surface area contributed by atoms with Crippen LogP contribution in [0.2, 0.25) is 0 Å². The molecule has 4 nitrogen and oxygen atoms in total. The summed E-state index contributed by atoms with van der Waals surface area (Å²) in [7, 11) is 0. The largest absolute Gasteiger partial charge is 0.376 e. The van der Waals surface area contributed by atoms with Gasteiger partial charge in [-0.05, 0) is 35.4 Å². The minimum absolute atomic E-state index is 0.0115. The van der Waals surface area contributed by atoms with Gasteiger partial charge in [-0.3, -0.25) is 9.78 Å². The predicted molar refractivity (Wildman–Crippen MR) is 102 cm³/mol. The molecule has 0 aliphatic carbocycles. The van der Waals surface area contributed by atoms with Crippen molar-refractivity contribution in [1.82, 2.24) is 10.3 Å². The van der Waals surface area contributed by atoms with E-state index in [1.807, 2.05) is 30.3 Å². The minimum atomic E-state index is -0.264. The van der Waals surface area contributed by atoms with Gasteiger partial charge < -0.3 is 10.1 Å². The summed E-state index contributed by atoms with van der Waals surface area (Å²) in [6, 6.07) is 19.5. The second-order valence-electron chi connectivity index (χ2n) is 6.20. The van der Waals surface area contributed by atoms with E-state index in [4.69, 9.17) is 4.74 Å². The van der Waals surface area contributed by atoms with Crippen molar-refractivity contribution in [2.45, 2.75) is 12.5 Å². The molecule has 1 amide bonds. The molecule has 0 spiro atoms. The molecule has 0 radical (unpaired) electrons. The van der Waals surface area contributed by atoms with Crippen LogP contribution in [0.1, 0.15) is 27.4 Å². The smallest absolute Gasteiger partial charge is 0.251 e. The van der Waals surface area contributed by atoms with Gasteiger partial charge in [0, 0.05) is 30.4 Å². The number of benzene rings is 2. The molecule has 2 aromatic carbocycles. The summed E-state index contributed by atoms with van der Waals surface area (Å²) in [6.07, 6.45) is 3.19. The lowest BCUT2D eigenvalue weighted by molar-refractivity contribution is 0.0909. The highest BCUT2D eigenvalue weighted by Gasteiger charge is 2.14. The number of rotatable bonds is 8. The average molecular weight is 364 g/mol. The summed E-state index contributed by atoms with van der Waals surface area (Å²) in [5.41, 5.74) is 2.57. The molecule has 0 aliphatic heterocycles. The second kappa shape index (κ2) is 9.59. The van der Waals surface area contributed by atoms with Crippen LogP contribution in [0.4, 0.5) is 4.39 Å². The van der Waals surface area contributed by atoms with Crippen LogP contribution in [0.3, 0.4) is 0 Å². The molecule has 0 fully saturated rings. The van der Waals surface area contributed by atoms with Crippen LogP contribution in [0.5, 0.6) is 0 Å². The molecule has 3 rings (SSSR count). The lowest BCUT2D eigenvalue weighted by Gasteiger charge is -2.18. The quantitative estimate of drug-likeness (QED) is 0.658. The van der Waals surface area contributed by atoms with E-state index >= 15 is 0 Å². The zero-order valence-corrected chi connectivity index (χ0v) is 14.8. The predicted octanol–water partition coefficient (Wildman–Crippen LogP) is 3.95. The van der Waals surface area contributed by atoms with Crippen LogP contribution in [0.15, 0.2) is 79.1 Å². The summed E-state index contributed by atoms with van der Waals surface area (Å²) >= 11 is 0. The summed E-state index contributed by atoms with van der Waals surface area (Å²) < 4.78 is 18.8. The Morgan fingerprint density at radius 2 is 1.70 bits per heavy atom. The molecule has 0 bridgehead atoms. The van der Waals surface area contributed by atoms with Crippen LogP contribution in [0.25, 0.3) is 0 Å². The third kappa shape index (κ3) is 5.72. The van der Waals surface area contributed by atoms with Gasteiger partial charge >= 0.3 is 0 Å². The van der Waals surface area contributed by atoms with E-state index in [1.54, 1.807) is 36.7 Å². The molecule has 5 heteroatoms. The average Bonchev–Trinajstić information content (AvgIpc) is 2.73. The SMILES string of the molecule is O=C(NCC(COCc1ccc(F)cc1)c1ccccc1)c1ccncc1. The van der Waals surface area contributed by atoms with Crippen LogP contribution in [-0.2, 0) is 11.3 Å². The first kappa shape index (κ1) is 18.7. The van der Waals surface area contributed by atoms with Gasteiger partial charge in [-0.25, -0.2) is 4.39 Å². The normalized spacial score (nSPS) is 11.7. The van der Waals surface area contributed by atoms with E-state index in [1.165, 1.54) is 12.1 Å². The first-order chi connectivity index (χ1) is 13.2. The highest BCUT2D eigenvalue weighted by atomic mass is 19.1. The van der Waals surface area contributed by atoms with E-state index in [9.17, 15) is 9.18 Å². The van der Waals surface area contributed by atoms with E-state index in [-0.39, 0.29) is 17.6 Å². The van der Waals surface area contributed by atoms with E-state index < -0.39 is 0 Å². The van der Waals surface area contributed by atoms with Gasteiger partial charge in [-0.2, -0.15) is 0 Å². The highest BCUT2D eigenvalue weighted by molar-refractivity contribution is 5.93. The van der Waals surface area contributed by atoms with Crippen LogP contribution in [-0.4, -0.2) is 24.0 Å². The summed E-state index contributed by atoms with van der Waals surface area (Å²) in [5, 5.41) is 2.96. The molecule has 1 N–H and O–H groups in total. The second-order valence-corrected chi connectivity index (χ2v) is 6.20. The summed E-state index contributed by atoms with van der Waals surface area (Å²) in [5.74, 6) is -0.394. The Kier molecular flexibility index (Phi) is 6.66. The number of nitrogens with zero attached hydrogens (tertiary/aromatic N) is 1. The van der Waals surface area contributed by atoms with Crippen molar-refractivity contribution in [3.8, 4) is 0 Å². The number of aromatic nitrogens is 1. The Morgan fingerprint density at radius 3 is 2.41 bits per heavy atom. The van der Waals surface area contributed by atoms with Gasteiger partial charge in [0.15, 0.2) is 0 Å². The molecule has 3 aromatic rings. The maximum absolute atomic E-state index is 13.0. The van der Waals surface area contributed by atoms with Gasteiger partial charge in [-0.1, -0.05) is 42.5 Å². The molecular formula is C22H21FN2O2. The number of pyridine rings is 1. The molecule has 1 heterocycles. The molecule has 0 aliphatic rings. The first-order valence-corrected chi connectivity index (χ1v) is 8.78. The molecule has 1 unspecified atom stereocenters. The van der Waals surface area contributed by atoms with Gasteiger partial charge in [0.25, 0.3) is 5.91 Å². The van der Waals surface area contributed by atoms with E-state index in [2.05, 4.69) is 10.3 Å². The van der Waals surface area contributed by atoms with Crippen molar-refractivity contribution in [1.29, 1.82) is 0 Å². The van der Waals surface area contributed by atoms with Crippen molar-refractivity contribution in [3.05, 3.63) is 102 Å². The monoisotopic (exact) mass is 364 g/mol. The van der Waals surface area contributed by atoms with Gasteiger partial charge in [-0.15, -0.1) is 0 Å². The van der Waals surface area contributed by atoms with Crippen molar-refractivity contribution in [3.63, 3.8) is 0 Å². The Balaban J connectivity index is 1.59. The van der Waals surface area contributed by atoms with Gasteiger partial charge in [0.05, 0.1) is 13.2 Å². The lowest BCUT2D eigenvalue weighted by atomic mass is 10.00. The van der Waals surface area contributed by atoms with E-state index in [0.717, 1.165) is 11.1 Å². The fourth-order valence-electron chi connectivity index (χ4n) is 2.72. The van der Waals surface area contributed by atoms with Crippen LogP contribution >= 0.6 is 0 Å². The highest BCUT2D eigenvalue weighted by Crippen LogP contribution is 2.16. The molecular weight excluding hydrogens is 343 g/mol. The van der Waals surface area contributed by atoms with Crippen LogP contribution < -0.4 is 5.32 Å². The topological polar surface area (TPSA) is 51.2 Å². The number of ether oxygens (including phenoxy) is 1. The Bertz CT molecular complexity index is 839. The third-order valence-corrected chi connectivity index (χ3v) is 4.22. The van der Waals surface area contributed by atoms with Gasteiger partial charge in [0.2, 0.25) is 0 Å². The molecule has 27 heavy (non-hydrogen) atoms. The maximum atomic E-state index is 13.0. The number of carbonyl (C=O) groups is 1. The Labute approximate surface area is 158 Å². The third-order valence-electron chi connectivity index (χ3n) is 4.22. The molecule has 138 valence electrons. The Hall–Kier alpha value is -3.05. The number of halogens is 1. The van der Waals surface area contributed by atoms with Crippen molar-refractivity contribution in [2.75, 3.05) is 13.2 Å². The molecule has 1 aromatic heterocycles. The zero-order valence-electron chi connectivity index (χ0n) is 14.8. The molecule has 1 atom stereocenters. The molecule has 0 saturated heterocycles. The van der Waals surface area contributed by atoms with Crippen molar-refractivity contribution >= 4 is 5.91 Å². The summed E-state index contributed by atoms with van der Waals surface area (Å²) in [4.78, 5) is 16.2. The van der Waals surface area contributed by atoms with Crippen LogP contribution in [0, 0.1) is 5.82 Å². The number of nitrogens with one attached hydrogen (secondary N) is 1. The minimum Gasteiger partial charge on any atom is -0.376 e. The summed E-state index contributed by atoms with van der Waals surface area (Å²) in [6.45, 7) is 1.29. The maximum Gasteiger partial charge on any atom is 0.251 e. The Morgan fingerprint density at radius 1 is 1.00 bits per heavy atom. The first-order valence-electron chi connectivity index (χ1n) is 8.78. The zero-order chi connectivity index (χ0) is 18.9. The standard InChI is InChI=1S/C22H21FN2O2/c23-21-8-6-17(7-9-21)15-27-16-20(18-4-2-1-3-5-18)14-25-22(26)19-10-12-24-13-11-19/h1-13,20H,14-16H2,(H,25,26). The fourth-order valence-corrected chi connectivity index (χ4v) is 2.72. The lowest BCUT2D eigenvalue weighted by Crippen LogP contribution is -2.30. The number of hydrogen-bond donors (Lipinski definition) is 1. The fraction of sp³-hybridized carbons (Fsp3) is 0.182. The number of carbonyl (C=O) groups excluding carboxylic acids is 1. The van der Waals surface area contributed by atoms with E-state index in [0.29, 0.717) is 25.3 Å². The van der Waals surface area contributed by atoms with Crippen molar-refractivity contribution in [2.24, 2.45) is 0 Å². The van der Waals surface area contributed by atoms with Crippen molar-refractivity contribution < 1.29 is 13.9 Å². The molecule has 0 saturated carbocycles. The van der Waals surface area contributed by atoms with Gasteiger partial charge in [0.1, 0.15) is 5.82 Å². The number of hydrogen-bond acceptors (Lipinski definition) is 3.